The van der Waals surface area contributed by atoms with Crippen LogP contribution in [-0.2, 0) is 16.0 Å². The summed E-state index contributed by atoms with van der Waals surface area (Å²) in [6.07, 6.45) is -0.667. The highest BCUT2D eigenvalue weighted by atomic mass is 16.7. The molecule has 0 atom stereocenters. The van der Waals surface area contributed by atoms with E-state index in [2.05, 4.69) is 29.6 Å². The molecule has 1 aromatic heterocycles. The maximum atomic E-state index is 12.4. The lowest BCUT2D eigenvalue weighted by molar-refractivity contribution is -0.144. The van der Waals surface area contributed by atoms with Crippen molar-refractivity contribution in [3.05, 3.63) is 102 Å². The molecule has 35 heavy (non-hydrogen) atoms. The Hall–Kier alpha value is -4.72. The highest BCUT2D eigenvalue weighted by Crippen LogP contribution is 2.44. The monoisotopic (exact) mass is 470 g/mol. The first-order valence-electron chi connectivity index (χ1n) is 11.0. The van der Waals surface area contributed by atoms with Gasteiger partial charge in [0, 0.05) is 23.7 Å². The summed E-state index contributed by atoms with van der Waals surface area (Å²) in [6.45, 7) is 0.211. The van der Waals surface area contributed by atoms with Gasteiger partial charge in [0.1, 0.15) is 6.61 Å². The first kappa shape index (κ1) is 22.1. The highest BCUT2D eigenvalue weighted by Gasteiger charge is 2.29. The maximum Gasteiger partial charge on any atom is 0.411 e. The van der Waals surface area contributed by atoms with Gasteiger partial charge in [-0.2, -0.15) is 0 Å². The molecule has 0 saturated carbocycles. The Balaban J connectivity index is 1.16. The van der Waals surface area contributed by atoms with E-state index in [0.29, 0.717) is 16.0 Å². The van der Waals surface area contributed by atoms with Gasteiger partial charge in [-0.1, -0.05) is 60.7 Å². The molecule has 1 amide bonds. The molecule has 8 nitrogen and oxygen atoms in total. The Morgan fingerprint density at radius 2 is 1.37 bits per heavy atom. The van der Waals surface area contributed by atoms with Crippen molar-refractivity contribution >= 4 is 17.7 Å². The Morgan fingerprint density at radius 1 is 0.800 bits per heavy atom. The van der Waals surface area contributed by atoms with Crippen molar-refractivity contribution in [2.24, 2.45) is 0 Å². The molecule has 3 aromatic carbocycles. The molecule has 0 radical (unpaired) electrons. The molecular formula is C27H22N2O6. The van der Waals surface area contributed by atoms with Crippen LogP contribution in [0.25, 0.3) is 11.1 Å². The quantitative estimate of drug-likeness (QED) is 0.384. The summed E-state index contributed by atoms with van der Waals surface area (Å²) in [5.74, 6) is -1.48. The lowest BCUT2D eigenvalue weighted by Gasteiger charge is -2.14. The second-order valence-electron chi connectivity index (χ2n) is 8.13. The number of carbonyl (C=O) groups excluding carboxylic acids is 2. The third-order valence-electron chi connectivity index (χ3n) is 5.88. The summed E-state index contributed by atoms with van der Waals surface area (Å²) < 4.78 is 6.18. The van der Waals surface area contributed by atoms with Crippen LogP contribution in [0.15, 0.2) is 84.9 Å². The van der Waals surface area contributed by atoms with Crippen molar-refractivity contribution < 1.29 is 29.4 Å². The smallest absolute Gasteiger partial charge is 0.411 e. The van der Waals surface area contributed by atoms with Gasteiger partial charge in [-0.3, -0.25) is 5.32 Å². The van der Waals surface area contributed by atoms with Gasteiger partial charge >= 0.3 is 12.1 Å². The van der Waals surface area contributed by atoms with E-state index in [9.17, 15) is 19.8 Å². The Labute approximate surface area is 200 Å². The first-order valence-corrected chi connectivity index (χ1v) is 11.0. The number of rotatable bonds is 6. The third kappa shape index (κ3) is 4.54. The summed E-state index contributed by atoms with van der Waals surface area (Å²) in [4.78, 5) is 29.5. The van der Waals surface area contributed by atoms with E-state index in [1.54, 1.807) is 24.3 Å². The Bertz CT molecular complexity index is 1330. The molecular weight excluding hydrogens is 448 g/mol. The second kappa shape index (κ2) is 9.26. The number of hydrogen-bond acceptors (Lipinski definition) is 6. The van der Waals surface area contributed by atoms with Crippen molar-refractivity contribution in [2.75, 3.05) is 11.9 Å². The molecule has 0 bridgehead atoms. The Kier molecular flexibility index (Phi) is 5.85. The normalized spacial score (nSPS) is 12.0. The number of amides is 1. The molecule has 1 heterocycles. The summed E-state index contributed by atoms with van der Waals surface area (Å²) in [5, 5.41) is 21.8. The van der Waals surface area contributed by atoms with Crippen LogP contribution in [0.5, 0.6) is 11.8 Å². The number of aromatic hydroxyl groups is 2. The fraction of sp³-hybridized carbons (Fsp3) is 0.111. The van der Waals surface area contributed by atoms with Crippen LogP contribution in [0.2, 0.25) is 0 Å². The first-order chi connectivity index (χ1) is 17.0. The van der Waals surface area contributed by atoms with E-state index in [4.69, 9.17) is 9.57 Å². The number of aromatic nitrogens is 1. The van der Waals surface area contributed by atoms with Crippen molar-refractivity contribution in [1.29, 1.82) is 0 Å². The molecule has 1 aliphatic rings. The predicted molar refractivity (Wildman–Crippen MR) is 128 cm³/mol. The van der Waals surface area contributed by atoms with Gasteiger partial charge in [-0.05, 0) is 39.9 Å². The zero-order valence-corrected chi connectivity index (χ0v) is 18.5. The lowest BCUT2D eigenvalue weighted by Crippen LogP contribution is -2.21. The average molecular weight is 470 g/mol. The molecule has 0 fully saturated rings. The van der Waals surface area contributed by atoms with Crippen LogP contribution < -0.4 is 10.2 Å². The second-order valence-corrected chi connectivity index (χ2v) is 8.13. The van der Waals surface area contributed by atoms with Gasteiger partial charge in [0.05, 0.1) is 6.42 Å². The standard InChI is InChI=1S/C27H22N2O6/c30-24-13-14-25(31)29(24)35-26(32)15-17-9-11-18(12-10-17)28-27(33)34-16-23-21-7-3-1-5-19(21)20-6-2-4-8-22(20)23/h1-14,23,30-31H,15-16H2,(H,28,33). The Morgan fingerprint density at radius 3 is 1.97 bits per heavy atom. The number of ether oxygens (including phenoxy) is 1. The van der Waals surface area contributed by atoms with E-state index >= 15 is 0 Å². The predicted octanol–water partition coefficient (Wildman–Crippen LogP) is 4.46. The minimum Gasteiger partial charge on any atom is -0.492 e. The topological polar surface area (TPSA) is 110 Å². The van der Waals surface area contributed by atoms with Crippen molar-refractivity contribution in [1.82, 2.24) is 4.73 Å². The molecule has 8 heteroatoms. The number of nitrogens with zero attached hydrogens (tertiary/aromatic N) is 1. The molecule has 5 rings (SSSR count). The van der Waals surface area contributed by atoms with Gasteiger partial charge in [0.25, 0.3) is 0 Å². The third-order valence-corrected chi connectivity index (χ3v) is 5.88. The fourth-order valence-corrected chi connectivity index (χ4v) is 4.25. The van der Waals surface area contributed by atoms with Gasteiger partial charge in [-0.15, -0.1) is 4.73 Å². The van der Waals surface area contributed by atoms with E-state index in [1.165, 1.54) is 12.1 Å². The molecule has 3 N–H and O–H groups in total. The van der Waals surface area contributed by atoms with Crippen LogP contribution in [0, 0.1) is 0 Å². The molecule has 1 aliphatic carbocycles. The summed E-state index contributed by atoms with van der Waals surface area (Å²) in [6, 6.07) is 25.3. The van der Waals surface area contributed by atoms with E-state index in [0.717, 1.165) is 22.3 Å². The van der Waals surface area contributed by atoms with E-state index in [-0.39, 0.29) is 18.9 Å². The molecule has 176 valence electrons. The van der Waals surface area contributed by atoms with Gasteiger partial charge < -0.3 is 19.8 Å². The van der Waals surface area contributed by atoms with Gasteiger partial charge in [0.15, 0.2) is 0 Å². The SMILES string of the molecule is O=C(Cc1ccc(NC(=O)OCC2c3ccccc3-c3ccccc32)cc1)On1c(O)ccc1O. The summed E-state index contributed by atoms with van der Waals surface area (Å²) in [5.41, 5.74) is 5.74. The van der Waals surface area contributed by atoms with E-state index in [1.807, 2.05) is 24.3 Å². The van der Waals surface area contributed by atoms with Crippen LogP contribution >= 0.6 is 0 Å². The van der Waals surface area contributed by atoms with Crippen LogP contribution in [0.1, 0.15) is 22.6 Å². The zero-order valence-electron chi connectivity index (χ0n) is 18.5. The average Bonchev–Trinajstić information content (AvgIpc) is 3.36. The maximum absolute atomic E-state index is 12.4. The van der Waals surface area contributed by atoms with E-state index < -0.39 is 23.8 Å². The summed E-state index contributed by atoms with van der Waals surface area (Å²) >= 11 is 0. The van der Waals surface area contributed by atoms with Crippen molar-refractivity contribution in [2.45, 2.75) is 12.3 Å². The van der Waals surface area contributed by atoms with Crippen molar-refractivity contribution in [3.8, 4) is 22.9 Å². The van der Waals surface area contributed by atoms with Gasteiger partial charge in [-0.25, -0.2) is 9.59 Å². The molecule has 4 aromatic rings. The number of fused-ring (bicyclic) bond motifs is 3. The number of benzene rings is 3. The fourth-order valence-electron chi connectivity index (χ4n) is 4.25. The van der Waals surface area contributed by atoms with Crippen LogP contribution in [0.3, 0.4) is 0 Å². The molecule has 0 spiro atoms. The van der Waals surface area contributed by atoms with Crippen LogP contribution in [0.4, 0.5) is 10.5 Å². The number of carbonyl (C=O) groups is 2. The highest BCUT2D eigenvalue weighted by molar-refractivity contribution is 5.85. The number of nitrogens with one attached hydrogen (secondary N) is 1. The van der Waals surface area contributed by atoms with Crippen LogP contribution in [-0.4, -0.2) is 33.6 Å². The van der Waals surface area contributed by atoms with Gasteiger partial charge in [0.2, 0.25) is 11.8 Å². The minimum absolute atomic E-state index is 0.0271. The zero-order chi connectivity index (χ0) is 24.4. The molecule has 0 unspecified atom stereocenters. The minimum atomic E-state index is -0.677. The number of hydrogen-bond donors (Lipinski definition) is 3. The number of anilines is 1. The van der Waals surface area contributed by atoms with Crippen molar-refractivity contribution in [3.63, 3.8) is 0 Å². The molecule has 0 aliphatic heterocycles. The lowest BCUT2D eigenvalue weighted by atomic mass is 9.98. The largest absolute Gasteiger partial charge is 0.492 e. The molecule has 0 saturated heterocycles. The summed E-state index contributed by atoms with van der Waals surface area (Å²) in [7, 11) is 0.